The predicted octanol–water partition coefficient (Wildman–Crippen LogP) is 5.98. The Morgan fingerprint density at radius 1 is 0.879 bits per heavy atom. The lowest BCUT2D eigenvalue weighted by molar-refractivity contribution is -0.124. The van der Waals surface area contributed by atoms with Crippen LogP contribution in [0.2, 0.25) is 0 Å². The Labute approximate surface area is 199 Å². The number of carbonyl (C=O) groups excluding carboxylic acids is 2. The SMILES string of the molecule is CCC(C)(C)c1ccc(OCCCC(=O)NCC(=O)Nc2ccccc2)c(C(C)(C)CC)c1. The molecule has 2 amide bonds. The molecule has 2 aromatic rings. The molecule has 0 aromatic heterocycles. The molecule has 0 aliphatic carbocycles. The van der Waals surface area contributed by atoms with Gasteiger partial charge in [0, 0.05) is 17.7 Å². The maximum Gasteiger partial charge on any atom is 0.243 e. The molecule has 0 aliphatic rings. The molecular weight excluding hydrogens is 412 g/mol. The summed E-state index contributed by atoms with van der Waals surface area (Å²) in [7, 11) is 0. The van der Waals surface area contributed by atoms with E-state index in [4.69, 9.17) is 4.74 Å². The minimum Gasteiger partial charge on any atom is -0.493 e. The maximum atomic E-state index is 12.1. The van der Waals surface area contributed by atoms with Crippen LogP contribution in [0.5, 0.6) is 5.75 Å². The van der Waals surface area contributed by atoms with E-state index in [1.165, 1.54) is 11.1 Å². The van der Waals surface area contributed by atoms with E-state index in [9.17, 15) is 9.59 Å². The number of hydrogen-bond acceptors (Lipinski definition) is 3. The van der Waals surface area contributed by atoms with Crippen LogP contribution in [0.4, 0.5) is 5.69 Å². The fraction of sp³-hybridized carbons (Fsp3) is 0.500. The molecule has 0 atom stereocenters. The second kappa shape index (κ2) is 11.9. The standard InChI is InChI=1S/C28H40N2O3/c1-7-27(3,4)21-16-17-24(23(19-21)28(5,6)8-2)33-18-12-15-25(31)29-20-26(32)30-22-13-10-9-11-14-22/h9-11,13-14,16-17,19H,7-8,12,15,18,20H2,1-6H3,(H,29,31)(H,30,32). The fourth-order valence-electron chi connectivity index (χ4n) is 3.41. The third kappa shape index (κ3) is 7.92. The van der Waals surface area contributed by atoms with E-state index in [0.717, 1.165) is 18.6 Å². The summed E-state index contributed by atoms with van der Waals surface area (Å²) in [5, 5.41) is 5.42. The average Bonchev–Trinajstić information content (AvgIpc) is 2.81. The van der Waals surface area contributed by atoms with Crippen LogP contribution in [-0.4, -0.2) is 25.0 Å². The van der Waals surface area contributed by atoms with Gasteiger partial charge in [-0.2, -0.15) is 0 Å². The molecule has 0 aliphatic heterocycles. The van der Waals surface area contributed by atoms with Gasteiger partial charge in [-0.05, 0) is 53.9 Å². The third-order valence-corrected chi connectivity index (χ3v) is 6.57. The Hall–Kier alpha value is -2.82. The molecule has 0 spiro atoms. The van der Waals surface area contributed by atoms with Gasteiger partial charge in [-0.15, -0.1) is 0 Å². The van der Waals surface area contributed by atoms with Crippen molar-refractivity contribution >= 4 is 17.5 Å². The molecular formula is C28H40N2O3. The summed E-state index contributed by atoms with van der Waals surface area (Å²) in [6, 6.07) is 15.7. The fourth-order valence-corrected chi connectivity index (χ4v) is 3.41. The highest BCUT2D eigenvalue weighted by Crippen LogP contribution is 2.38. The van der Waals surface area contributed by atoms with Crippen LogP contribution in [0.1, 0.15) is 78.4 Å². The zero-order valence-corrected chi connectivity index (χ0v) is 21.1. The van der Waals surface area contributed by atoms with Gasteiger partial charge in [0.2, 0.25) is 11.8 Å². The predicted molar refractivity (Wildman–Crippen MR) is 136 cm³/mol. The summed E-state index contributed by atoms with van der Waals surface area (Å²) < 4.78 is 6.12. The lowest BCUT2D eigenvalue weighted by Crippen LogP contribution is -2.32. The zero-order valence-electron chi connectivity index (χ0n) is 21.1. The smallest absolute Gasteiger partial charge is 0.243 e. The molecule has 0 bridgehead atoms. The van der Waals surface area contributed by atoms with Crippen molar-refractivity contribution in [3.05, 3.63) is 59.7 Å². The highest BCUT2D eigenvalue weighted by Gasteiger charge is 2.26. The van der Waals surface area contributed by atoms with E-state index in [1.807, 2.05) is 18.2 Å². The number of para-hydroxylation sites is 1. The molecule has 0 saturated heterocycles. The summed E-state index contributed by atoms with van der Waals surface area (Å²) in [5.41, 5.74) is 3.36. The summed E-state index contributed by atoms with van der Waals surface area (Å²) in [6.07, 6.45) is 2.97. The minimum atomic E-state index is -0.243. The van der Waals surface area contributed by atoms with Crippen molar-refractivity contribution in [3.63, 3.8) is 0 Å². The van der Waals surface area contributed by atoms with E-state index in [2.05, 4.69) is 70.4 Å². The summed E-state index contributed by atoms with van der Waals surface area (Å²) in [6.45, 7) is 13.8. The van der Waals surface area contributed by atoms with Crippen LogP contribution < -0.4 is 15.4 Å². The average molecular weight is 453 g/mol. The summed E-state index contributed by atoms with van der Waals surface area (Å²) in [4.78, 5) is 24.1. The number of rotatable bonds is 12. The van der Waals surface area contributed by atoms with Crippen LogP contribution in [0.3, 0.4) is 0 Å². The lowest BCUT2D eigenvalue weighted by atomic mass is 9.76. The first-order valence-electron chi connectivity index (χ1n) is 12.0. The third-order valence-electron chi connectivity index (χ3n) is 6.57. The first kappa shape index (κ1) is 26.4. The van der Waals surface area contributed by atoms with Crippen molar-refractivity contribution in [1.82, 2.24) is 5.32 Å². The van der Waals surface area contributed by atoms with Crippen LogP contribution in [0, 0.1) is 0 Å². The van der Waals surface area contributed by atoms with Gasteiger partial charge in [0.25, 0.3) is 0 Å². The first-order valence-corrected chi connectivity index (χ1v) is 12.0. The van der Waals surface area contributed by atoms with E-state index in [0.29, 0.717) is 25.1 Å². The molecule has 2 aromatic carbocycles. The Balaban J connectivity index is 1.86. The minimum absolute atomic E-state index is 0.00133. The Bertz CT molecular complexity index is 920. The molecule has 0 fully saturated rings. The van der Waals surface area contributed by atoms with Gasteiger partial charge in [0.15, 0.2) is 0 Å². The van der Waals surface area contributed by atoms with Gasteiger partial charge >= 0.3 is 0 Å². The highest BCUT2D eigenvalue weighted by atomic mass is 16.5. The topological polar surface area (TPSA) is 67.4 Å². The van der Waals surface area contributed by atoms with Crippen LogP contribution in [-0.2, 0) is 20.4 Å². The van der Waals surface area contributed by atoms with Crippen molar-refractivity contribution < 1.29 is 14.3 Å². The Morgan fingerprint density at radius 3 is 2.18 bits per heavy atom. The molecule has 5 nitrogen and oxygen atoms in total. The number of benzene rings is 2. The number of amides is 2. The Morgan fingerprint density at radius 2 is 1.55 bits per heavy atom. The van der Waals surface area contributed by atoms with E-state index < -0.39 is 0 Å². The number of nitrogens with one attached hydrogen (secondary N) is 2. The van der Waals surface area contributed by atoms with Crippen molar-refractivity contribution in [2.24, 2.45) is 0 Å². The summed E-state index contributed by atoms with van der Waals surface area (Å²) in [5.74, 6) is 0.489. The number of anilines is 1. The molecule has 180 valence electrons. The number of ether oxygens (including phenoxy) is 1. The van der Waals surface area contributed by atoms with Gasteiger partial charge in [-0.1, -0.05) is 71.9 Å². The van der Waals surface area contributed by atoms with Crippen molar-refractivity contribution in [2.45, 2.75) is 78.1 Å². The molecule has 0 radical (unpaired) electrons. The van der Waals surface area contributed by atoms with Crippen LogP contribution >= 0.6 is 0 Å². The first-order chi connectivity index (χ1) is 15.6. The monoisotopic (exact) mass is 452 g/mol. The largest absolute Gasteiger partial charge is 0.493 e. The maximum absolute atomic E-state index is 12.1. The molecule has 0 saturated carbocycles. The second-order valence-corrected chi connectivity index (χ2v) is 9.83. The molecule has 0 heterocycles. The number of hydrogen-bond donors (Lipinski definition) is 2. The van der Waals surface area contributed by atoms with Gasteiger partial charge in [-0.3, -0.25) is 9.59 Å². The molecule has 5 heteroatoms. The van der Waals surface area contributed by atoms with Crippen molar-refractivity contribution in [1.29, 1.82) is 0 Å². The summed E-state index contributed by atoms with van der Waals surface area (Å²) >= 11 is 0. The normalized spacial score (nSPS) is 11.7. The van der Waals surface area contributed by atoms with Gasteiger partial charge < -0.3 is 15.4 Å². The van der Waals surface area contributed by atoms with Crippen LogP contribution in [0.25, 0.3) is 0 Å². The quantitative estimate of drug-likeness (QED) is 0.390. The van der Waals surface area contributed by atoms with Gasteiger partial charge in [-0.25, -0.2) is 0 Å². The molecule has 2 rings (SSSR count). The van der Waals surface area contributed by atoms with Gasteiger partial charge in [0.05, 0.1) is 13.2 Å². The van der Waals surface area contributed by atoms with E-state index in [1.54, 1.807) is 12.1 Å². The molecule has 33 heavy (non-hydrogen) atoms. The van der Waals surface area contributed by atoms with Crippen LogP contribution in [0.15, 0.2) is 48.5 Å². The number of carbonyl (C=O) groups is 2. The molecule has 0 unspecified atom stereocenters. The van der Waals surface area contributed by atoms with Crippen molar-refractivity contribution in [2.75, 3.05) is 18.5 Å². The van der Waals surface area contributed by atoms with E-state index >= 15 is 0 Å². The highest BCUT2D eigenvalue weighted by molar-refractivity contribution is 5.94. The molecule has 2 N–H and O–H groups in total. The lowest BCUT2D eigenvalue weighted by Gasteiger charge is -2.30. The van der Waals surface area contributed by atoms with Crippen molar-refractivity contribution in [3.8, 4) is 5.75 Å². The second-order valence-electron chi connectivity index (χ2n) is 9.83. The van der Waals surface area contributed by atoms with E-state index in [-0.39, 0.29) is 29.2 Å². The van der Waals surface area contributed by atoms with Gasteiger partial charge in [0.1, 0.15) is 5.75 Å². The zero-order chi connectivity index (χ0) is 24.5. The Kier molecular flexibility index (Phi) is 9.51.